The van der Waals surface area contributed by atoms with Crippen molar-refractivity contribution in [3.63, 3.8) is 0 Å². The van der Waals surface area contributed by atoms with Crippen molar-refractivity contribution in [3.8, 4) is 0 Å². The first kappa shape index (κ1) is 11.8. The van der Waals surface area contributed by atoms with Crippen molar-refractivity contribution in [2.24, 2.45) is 0 Å². The first-order valence-corrected chi connectivity index (χ1v) is 8.73. The van der Waals surface area contributed by atoms with Gasteiger partial charge in [-0.3, -0.25) is 4.79 Å². The fraction of sp³-hybridized carbons (Fsp3) is 0.308. The molecule has 0 spiro atoms. The van der Waals surface area contributed by atoms with E-state index in [1.54, 1.807) is 0 Å². The second-order valence-electron chi connectivity index (χ2n) is 4.26. The quantitative estimate of drug-likeness (QED) is 0.735. The Hall–Kier alpha value is -0.670. The molecule has 0 bridgehead atoms. The van der Waals surface area contributed by atoms with Gasteiger partial charge in [-0.05, 0) is 46.6 Å². The molecule has 2 rings (SSSR count). The molecule has 2 aliphatic heterocycles. The number of hydrogen-bond acceptors (Lipinski definition) is 1. The van der Waals surface area contributed by atoms with Gasteiger partial charge in [0, 0.05) is 11.5 Å². The van der Waals surface area contributed by atoms with Crippen molar-refractivity contribution in [1.82, 2.24) is 0 Å². The largest absolute Gasteiger partial charge is 0.298 e. The molecule has 0 aromatic carbocycles. The van der Waals surface area contributed by atoms with Crippen LogP contribution in [-0.4, -0.2) is 17.3 Å². The van der Waals surface area contributed by atoms with Crippen LogP contribution in [0.3, 0.4) is 0 Å². The topological polar surface area (TPSA) is 17.1 Å². The Bertz CT molecular complexity index is 378. The Morgan fingerprint density at radius 1 is 1.00 bits per heavy atom. The molecule has 2 unspecified atom stereocenters. The SMILES string of the molecule is CC1=C[SH](CC(=O)C[SH]2C=CC(C)=C2)C=C1. The van der Waals surface area contributed by atoms with Crippen molar-refractivity contribution < 1.29 is 4.79 Å². The lowest BCUT2D eigenvalue weighted by Gasteiger charge is -2.12. The third kappa shape index (κ3) is 3.16. The number of thiol groups is 2. The average Bonchev–Trinajstić information content (AvgIpc) is 2.76. The molecule has 0 amide bonds. The summed E-state index contributed by atoms with van der Waals surface area (Å²) in [6.45, 7) is 4.19. The maximum atomic E-state index is 11.9. The summed E-state index contributed by atoms with van der Waals surface area (Å²) in [5.74, 6) is 1.90. The Labute approximate surface area is 103 Å². The lowest BCUT2D eigenvalue weighted by atomic mass is 10.4. The first-order chi connectivity index (χ1) is 7.63. The minimum Gasteiger partial charge on any atom is -0.298 e. The van der Waals surface area contributed by atoms with E-state index in [-0.39, 0.29) is 21.8 Å². The van der Waals surface area contributed by atoms with Gasteiger partial charge in [-0.1, -0.05) is 12.2 Å². The molecule has 16 heavy (non-hydrogen) atoms. The second-order valence-corrected chi connectivity index (χ2v) is 8.06. The van der Waals surface area contributed by atoms with Gasteiger partial charge in [0.1, 0.15) is 5.78 Å². The molecule has 0 aliphatic carbocycles. The smallest absolute Gasteiger partial charge is 0.150 e. The zero-order valence-corrected chi connectivity index (χ0v) is 11.5. The number of carbonyl (C=O) groups excluding carboxylic acids is 1. The van der Waals surface area contributed by atoms with Crippen molar-refractivity contribution in [2.75, 3.05) is 11.5 Å². The van der Waals surface area contributed by atoms with Crippen LogP contribution in [0.25, 0.3) is 0 Å². The van der Waals surface area contributed by atoms with Gasteiger partial charge in [0.05, 0.1) is 0 Å². The van der Waals surface area contributed by atoms with Gasteiger partial charge < -0.3 is 0 Å². The fourth-order valence-electron chi connectivity index (χ4n) is 1.78. The number of rotatable bonds is 4. The van der Waals surface area contributed by atoms with E-state index in [1.165, 1.54) is 11.1 Å². The van der Waals surface area contributed by atoms with E-state index in [2.05, 4.69) is 47.6 Å². The van der Waals surface area contributed by atoms with E-state index in [1.807, 2.05) is 0 Å². The lowest BCUT2D eigenvalue weighted by molar-refractivity contribution is -0.114. The van der Waals surface area contributed by atoms with E-state index in [0.29, 0.717) is 5.78 Å². The molecule has 0 aromatic heterocycles. The minimum atomic E-state index is -0.282. The molecule has 2 heterocycles. The highest BCUT2D eigenvalue weighted by molar-refractivity contribution is 8.24. The molecule has 88 valence electrons. The van der Waals surface area contributed by atoms with Gasteiger partial charge in [0.25, 0.3) is 0 Å². The molecule has 0 radical (unpaired) electrons. The Morgan fingerprint density at radius 2 is 1.44 bits per heavy atom. The third-order valence-corrected chi connectivity index (χ3v) is 6.49. The Balaban J connectivity index is 1.82. The summed E-state index contributed by atoms with van der Waals surface area (Å²) in [6, 6.07) is 0. The number of Topliss-reactive ketones (excluding diaryl/α,β-unsaturated/α-hetero) is 1. The van der Waals surface area contributed by atoms with Crippen LogP contribution in [0.1, 0.15) is 13.8 Å². The van der Waals surface area contributed by atoms with E-state index in [0.717, 1.165) is 11.5 Å². The molecule has 0 aromatic rings. The van der Waals surface area contributed by atoms with E-state index in [4.69, 9.17) is 0 Å². The number of hydrogen-bond donors (Lipinski definition) is 2. The fourth-order valence-corrected chi connectivity index (χ4v) is 5.63. The minimum absolute atomic E-state index is 0.282. The first-order valence-electron chi connectivity index (χ1n) is 5.40. The van der Waals surface area contributed by atoms with Crippen molar-refractivity contribution in [3.05, 3.63) is 44.9 Å². The van der Waals surface area contributed by atoms with Crippen molar-refractivity contribution in [2.45, 2.75) is 13.8 Å². The van der Waals surface area contributed by atoms with Gasteiger partial charge >= 0.3 is 0 Å². The van der Waals surface area contributed by atoms with Gasteiger partial charge in [-0.2, -0.15) is 0 Å². The lowest BCUT2D eigenvalue weighted by Crippen LogP contribution is -2.07. The van der Waals surface area contributed by atoms with Crippen molar-refractivity contribution >= 4 is 27.6 Å². The standard InChI is InChI=1S/C13H18OS2/c1-11-3-5-15(7-11)9-13(14)10-16-6-4-12(2)8-16/h3-8,15-16H,9-10H2,1-2H3. The monoisotopic (exact) mass is 254 g/mol. The van der Waals surface area contributed by atoms with Crippen LogP contribution in [-0.2, 0) is 4.79 Å². The second kappa shape index (κ2) is 5.11. The predicted octanol–water partition coefficient (Wildman–Crippen LogP) is 3.42. The highest BCUT2D eigenvalue weighted by atomic mass is 32.2. The van der Waals surface area contributed by atoms with Crippen LogP contribution in [0.2, 0.25) is 0 Å². The zero-order chi connectivity index (χ0) is 11.5. The van der Waals surface area contributed by atoms with Gasteiger partial charge in [0.15, 0.2) is 0 Å². The van der Waals surface area contributed by atoms with Crippen LogP contribution in [0, 0.1) is 0 Å². The van der Waals surface area contributed by atoms with E-state index < -0.39 is 0 Å². The van der Waals surface area contributed by atoms with Crippen molar-refractivity contribution in [1.29, 1.82) is 0 Å². The maximum Gasteiger partial charge on any atom is 0.150 e. The third-order valence-electron chi connectivity index (χ3n) is 2.51. The predicted molar refractivity (Wildman–Crippen MR) is 78.5 cm³/mol. The number of ketones is 1. The highest BCUT2D eigenvalue weighted by Gasteiger charge is 2.12. The Kier molecular flexibility index (Phi) is 3.77. The summed E-state index contributed by atoms with van der Waals surface area (Å²) >= 11 is 0. The van der Waals surface area contributed by atoms with Gasteiger partial charge in [-0.15, -0.1) is 0 Å². The molecule has 0 fully saturated rings. The number of allylic oxidation sites excluding steroid dienone is 4. The summed E-state index contributed by atoms with van der Waals surface area (Å²) in [6.07, 6.45) is 4.26. The van der Waals surface area contributed by atoms with Crippen LogP contribution in [0.15, 0.2) is 44.9 Å². The zero-order valence-electron chi connectivity index (χ0n) is 9.68. The van der Waals surface area contributed by atoms with Crippen LogP contribution in [0.4, 0.5) is 0 Å². The summed E-state index contributed by atoms with van der Waals surface area (Å²) < 4.78 is 0. The van der Waals surface area contributed by atoms with Crippen LogP contribution < -0.4 is 0 Å². The molecule has 0 saturated heterocycles. The average molecular weight is 254 g/mol. The summed E-state index contributed by atoms with van der Waals surface area (Å²) in [5.41, 5.74) is 2.61. The molecule has 3 heteroatoms. The molecular formula is C13H18OS2. The van der Waals surface area contributed by atoms with Gasteiger partial charge in [-0.25, -0.2) is 21.8 Å². The van der Waals surface area contributed by atoms with Gasteiger partial charge in [0.2, 0.25) is 0 Å². The normalized spacial score (nSPS) is 31.6. The van der Waals surface area contributed by atoms with Crippen LogP contribution in [0.5, 0.6) is 0 Å². The molecule has 2 aliphatic rings. The van der Waals surface area contributed by atoms with Crippen LogP contribution >= 0.6 is 21.8 Å². The maximum absolute atomic E-state index is 11.9. The Morgan fingerprint density at radius 3 is 1.75 bits per heavy atom. The molecule has 0 saturated carbocycles. The molecule has 1 nitrogen and oxygen atoms in total. The highest BCUT2D eigenvalue weighted by Crippen LogP contribution is 2.39. The molecular weight excluding hydrogens is 236 g/mol. The number of carbonyl (C=O) groups is 1. The molecule has 2 atom stereocenters. The van der Waals surface area contributed by atoms with E-state index >= 15 is 0 Å². The summed E-state index contributed by atoms with van der Waals surface area (Å²) in [7, 11) is -0.563. The summed E-state index contributed by atoms with van der Waals surface area (Å²) in [5, 5.41) is 8.88. The van der Waals surface area contributed by atoms with E-state index in [9.17, 15) is 4.79 Å². The molecule has 0 N–H and O–H groups in total. The summed E-state index contributed by atoms with van der Waals surface area (Å²) in [4.78, 5) is 11.9.